The van der Waals surface area contributed by atoms with Crippen LogP contribution in [0, 0.1) is 49.2 Å². The number of hydrogen-bond donors (Lipinski definition) is 0. The van der Waals surface area contributed by atoms with E-state index in [1.807, 2.05) is 6.92 Å². The van der Waals surface area contributed by atoms with Crippen LogP contribution in [0.2, 0.25) is 0 Å². The Morgan fingerprint density at radius 1 is 0.603 bits per heavy atom. The van der Waals surface area contributed by atoms with E-state index in [0.717, 1.165) is 65.1 Å². The lowest BCUT2D eigenvalue weighted by atomic mass is 9.44. The minimum absolute atomic E-state index is 0.137. The van der Waals surface area contributed by atoms with E-state index in [0.29, 0.717) is 13.0 Å². The smallest absolute Gasteiger partial charge is 0.466 e. The first-order valence-corrected chi connectivity index (χ1v) is 26.2. The van der Waals surface area contributed by atoms with Gasteiger partial charge in [-0.2, -0.15) is 11.6 Å². The molecule has 354 valence electrons. The Hall–Kier alpha value is -8.30. The highest BCUT2D eigenvalue weighted by molar-refractivity contribution is 6.87. The van der Waals surface area contributed by atoms with Crippen LogP contribution in [0.4, 0.5) is 0 Å². The molecule has 73 heavy (non-hydrogen) atoms. The summed E-state index contributed by atoms with van der Waals surface area (Å²) in [7, 11) is 0. The lowest BCUT2D eigenvalue weighted by Gasteiger charge is -2.39. The number of aromatic nitrogens is 1. The van der Waals surface area contributed by atoms with Gasteiger partial charge in [0.25, 0.3) is 0 Å². The van der Waals surface area contributed by atoms with Gasteiger partial charge in [0.1, 0.15) is 5.71 Å². The van der Waals surface area contributed by atoms with E-state index in [1.165, 1.54) is 105 Å². The second-order valence-electron chi connectivity index (χ2n) is 20.0. The van der Waals surface area contributed by atoms with E-state index < -0.39 is 6.42 Å². The van der Waals surface area contributed by atoms with Crippen molar-refractivity contribution in [2.45, 2.75) is 87.0 Å². The fourth-order valence-electron chi connectivity index (χ4n) is 12.8. The molecule has 5 heteroatoms. The maximum atomic E-state index is 11.9. The quantitative estimate of drug-likeness (QED) is 0.0500. The van der Waals surface area contributed by atoms with Crippen LogP contribution in [0.25, 0.3) is 70.2 Å². The van der Waals surface area contributed by atoms with E-state index in [9.17, 15) is 4.79 Å². The first-order chi connectivity index (χ1) is 35.6. The lowest BCUT2D eigenvalue weighted by molar-refractivity contribution is -0.330. The Kier molecular flexibility index (Phi) is 11.3. The van der Waals surface area contributed by atoms with E-state index in [-0.39, 0.29) is 5.97 Å². The van der Waals surface area contributed by atoms with Crippen LogP contribution in [0.15, 0.2) is 150 Å². The molecular weight excluding hydrogens is 888 g/mol. The molecule has 0 atom stereocenters. The minimum Gasteiger partial charge on any atom is -0.466 e. The number of rotatable bonds is 8. The molecule has 4 nitrogen and oxygen atoms in total. The standard InChI is InChI=1S/C68H57BN2O2/c1-8-57-43(4)67-66(56-25-23-47(24-26-56)17-13-11-12-14-22-61(72)73-10-3)68-44(5)58(9-2)46(7)71(68)69(70(67)45(57)6,41-39-48-27-29-54-33-31-50-18-15-20-52-35-37-59(48)64(54)62(50)52)42-40-49-28-30-55-34-32-51-19-16-21-53-36-38-60(49)65(55)63(51)53/h15-16,18-21,23-38H,8-12,14,22H2,1-7H3. The van der Waals surface area contributed by atoms with Crippen LogP contribution in [-0.2, 0) is 16.0 Å². The van der Waals surface area contributed by atoms with Gasteiger partial charge in [0.2, 0.25) is 0 Å². The zero-order valence-electron chi connectivity index (χ0n) is 42.9. The Morgan fingerprint density at radius 2 is 1.14 bits per heavy atom. The summed E-state index contributed by atoms with van der Waals surface area (Å²) in [6, 6.07) is 49.0. The number of ether oxygens (including phenoxy) is 1. The molecule has 2 aliphatic heterocycles. The van der Waals surface area contributed by atoms with Crippen molar-refractivity contribution >= 4 is 88.3 Å². The average molecular weight is 945 g/mol. The Labute approximate surface area is 428 Å². The molecule has 10 aromatic rings. The van der Waals surface area contributed by atoms with Gasteiger partial charge in [0.15, 0.2) is 5.70 Å². The number of esters is 1. The molecule has 9 aromatic carbocycles. The van der Waals surface area contributed by atoms with Crippen molar-refractivity contribution in [2.24, 2.45) is 0 Å². The summed E-state index contributed by atoms with van der Waals surface area (Å²) in [5, 5.41) is 14.8. The Balaban J connectivity index is 1.10. The Morgan fingerprint density at radius 3 is 1.67 bits per heavy atom. The molecule has 0 unspecified atom stereocenters. The van der Waals surface area contributed by atoms with Gasteiger partial charge >= 0.3 is 12.4 Å². The first-order valence-electron chi connectivity index (χ1n) is 26.2. The predicted octanol–water partition coefficient (Wildman–Crippen LogP) is 15.4. The van der Waals surface area contributed by atoms with Crippen LogP contribution in [-0.4, -0.2) is 33.7 Å². The molecule has 0 bridgehead atoms. The highest BCUT2D eigenvalue weighted by atomic mass is 16.5. The van der Waals surface area contributed by atoms with Crippen molar-refractivity contribution in [2.75, 3.05) is 6.61 Å². The summed E-state index contributed by atoms with van der Waals surface area (Å²) in [6.45, 7) is 16.0. The molecule has 0 amide bonds. The van der Waals surface area contributed by atoms with Gasteiger partial charge in [-0.15, -0.1) is 11.8 Å². The summed E-state index contributed by atoms with van der Waals surface area (Å²) in [5.41, 5.74) is 15.3. The predicted molar refractivity (Wildman–Crippen MR) is 307 cm³/mol. The summed E-state index contributed by atoms with van der Waals surface area (Å²) < 4.78 is 10.2. The van der Waals surface area contributed by atoms with Crippen LogP contribution in [0.5, 0.6) is 0 Å². The minimum atomic E-state index is -2.24. The van der Waals surface area contributed by atoms with Crippen LogP contribution in [0.3, 0.4) is 0 Å². The number of fused-ring (bicyclic) bond motifs is 2. The SMILES string of the molecule is CCOC(=O)CCCCC#Cc1ccc(C2=C3C(C)=C(CC)C(C)=[N+]3[B-](C#Cc3ccc4ccc5cccc6ccc3c4c56)(C#Cc3ccc4ccc5cccc6ccc3c4c56)n3c(C)c(CC)c(C)c32)cc1. The monoisotopic (exact) mass is 944 g/mol. The molecule has 0 N–H and O–H groups in total. The fourth-order valence-corrected chi connectivity index (χ4v) is 12.8. The highest BCUT2D eigenvalue weighted by Crippen LogP contribution is 2.47. The van der Waals surface area contributed by atoms with Crippen molar-refractivity contribution in [1.82, 2.24) is 4.48 Å². The maximum Gasteiger partial charge on any atom is 0.520 e. The van der Waals surface area contributed by atoms with Crippen molar-refractivity contribution < 1.29 is 14.0 Å². The summed E-state index contributed by atoms with van der Waals surface area (Å²) in [4.78, 5) is 11.9. The topological polar surface area (TPSA) is 34.2 Å². The van der Waals surface area contributed by atoms with E-state index >= 15 is 0 Å². The van der Waals surface area contributed by atoms with Crippen molar-refractivity contribution in [3.05, 3.63) is 195 Å². The number of benzene rings is 9. The third kappa shape index (κ3) is 7.19. The molecule has 3 heterocycles. The number of carbonyl (C=O) groups is 1. The number of unbranched alkanes of at least 4 members (excludes halogenated alkanes) is 2. The molecule has 0 fully saturated rings. The summed E-state index contributed by atoms with van der Waals surface area (Å²) in [5.74, 6) is 22.8. The summed E-state index contributed by atoms with van der Waals surface area (Å²) in [6.07, 6.45) is 2.31. The third-order valence-electron chi connectivity index (χ3n) is 16.1. The van der Waals surface area contributed by atoms with E-state index in [1.54, 1.807) is 0 Å². The van der Waals surface area contributed by atoms with Gasteiger partial charge in [0.05, 0.1) is 12.2 Å². The van der Waals surface area contributed by atoms with Crippen molar-refractivity contribution in [1.29, 1.82) is 0 Å². The molecule has 0 spiro atoms. The lowest BCUT2D eigenvalue weighted by Crippen LogP contribution is -2.57. The number of allylic oxidation sites excluding steroid dienone is 2. The zero-order valence-corrected chi connectivity index (χ0v) is 42.9. The zero-order chi connectivity index (χ0) is 50.1. The molecule has 0 saturated carbocycles. The Bertz CT molecular complexity index is 4060. The molecule has 12 rings (SSSR count). The normalized spacial score (nSPS) is 14.0. The van der Waals surface area contributed by atoms with E-state index in [4.69, 9.17) is 4.74 Å². The van der Waals surface area contributed by atoms with Gasteiger partial charge in [-0.25, -0.2) is 0 Å². The maximum absolute atomic E-state index is 11.9. The van der Waals surface area contributed by atoms with Gasteiger partial charge in [0, 0.05) is 53.3 Å². The third-order valence-corrected chi connectivity index (χ3v) is 16.1. The molecule has 2 aliphatic rings. The molecule has 0 aliphatic carbocycles. The number of nitrogens with zero attached hydrogens (tertiary/aromatic N) is 2. The van der Waals surface area contributed by atoms with Crippen molar-refractivity contribution in [3.8, 4) is 35.3 Å². The second-order valence-corrected chi connectivity index (χ2v) is 20.0. The molecule has 0 radical (unpaired) electrons. The van der Waals surface area contributed by atoms with Gasteiger partial charge in [-0.3, -0.25) is 4.79 Å². The number of carbonyl (C=O) groups excluding carboxylic acids is 1. The molecule has 0 saturated heterocycles. The van der Waals surface area contributed by atoms with Crippen molar-refractivity contribution in [3.63, 3.8) is 0 Å². The fraction of sp³-hybridized carbons (Fsp3) is 0.206. The van der Waals surface area contributed by atoms with Crippen LogP contribution >= 0.6 is 0 Å². The highest BCUT2D eigenvalue weighted by Gasteiger charge is 2.52. The average Bonchev–Trinajstić information content (AvgIpc) is 3.84. The van der Waals surface area contributed by atoms with Gasteiger partial charge in [-0.1, -0.05) is 135 Å². The first kappa shape index (κ1) is 45.8. The van der Waals surface area contributed by atoms with Crippen LogP contribution < -0.4 is 0 Å². The van der Waals surface area contributed by atoms with Gasteiger partial charge < -0.3 is 13.7 Å². The molecule has 1 aromatic heterocycles. The van der Waals surface area contributed by atoms with Gasteiger partial charge in [-0.05, 0) is 165 Å². The largest absolute Gasteiger partial charge is 0.520 e. The number of hydrogen-bond acceptors (Lipinski definition) is 2. The summed E-state index contributed by atoms with van der Waals surface area (Å²) >= 11 is 0. The second kappa shape index (κ2) is 18.1. The van der Waals surface area contributed by atoms with E-state index in [2.05, 4.69) is 219 Å². The molecular formula is C68H57BN2O2. The van der Waals surface area contributed by atoms with Crippen LogP contribution in [0.1, 0.15) is 111 Å².